The van der Waals surface area contributed by atoms with E-state index in [1.54, 1.807) is 0 Å². The number of rotatable bonds is 0. The van der Waals surface area contributed by atoms with Gasteiger partial charge in [-0.1, -0.05) is 17.7 Å². The molecule has 1 spiro atoms. The molecule has 2 unspecified atom stereocenters. The number of likely N-dealkylation sites (N-methyl/N-ethyl adjacent to an activating group) is 1. The summed E-state index contributed by atoms with van der Waals surface area (Å²) in [6.45, 7) is 4.26. The Hall–Kier alpha value is -1.06. The molecule has 3 heteroatoms. The van der Waals surface area contributed by atoms with E-state index in [1.165, 1.54) is 24.1 Å². The van der Waals surface area contributed by atoms with Gasteiger partial charge in [-0.3, -0.25) is 0 Å². The molecule has 1 saturated heterocycles. The van der Waals surface area contributed by atoms with E-state index in [0.717, 1.165) is 25.1 Å². The number of fused-ring (bicyclic) bond motifs is 1. The van der Waals surface area contributed by atoms with E-state index in [0.29, 0.717) is 0 Å². The second kappa shape index (κ2) is 4.25. The Morgan fingerprint density at radius 3 is 3.06 bits per heavy atom. The van der Waals surface area contributed by atoms with Crippen LogP contribution in [0.3, 0.4) is 0 Å². The average molecular weight is 246 g/mol. The Kier molecular flexibility index (Phi) is 2.83. The van der Waals surface area contributed by atoms with E-state index in [1.807, 2.05) is 0 Å². The number of hydrogen-bond donors (Lipinski definition) is 1. The molecule has 1 fully saturated rings. The molecule has 3 rings (SSSR count). The van der Waals surface area contributed by atoms with Crippen molar-refractivity contribution in [2.45, 2.75) is 37.8 Å². The first-order valence-corrected chi connectivity index (χ1v) is 6.82. The normalized spacial score (nSPS) is 32.1. The maximum absolute atomic E-state index is 6.37. The van der Waals surface area contributed by atoms with Gasteiger partial charge >= 0.3 is 0 Å². The molecule has 0 radical (unpaired) electrons. The van der Waals surface area contributed by atoms with Gasteiger partial charge in [0.2, 0.25) is 0 Å². The molecular formula is C15H22N2O. The van der Waals surface area contributed by atoms with E-state index < -0.39 is 0 Å². The Balaban J connectivity index is 1.93. The zero-order valence-corrected chi connectivity index (χ0v) is 11.3. The van der Waals surface area contributed by atoms with E-state index in [9.17, 15) is 0 Å². The van der Waals surface area contributed by atoms with E-state index >= 15 is 0 Å². The van der Waals surface area contributed by atoms with Gasteiger partial charge in [-0.2, -0.15) is 0 Å². The Bertz CT molecular complexity index is 460. The molecule has 1 aromatic carbocycles. The average Bonchev–Trinajstić information content (AvgIpc) is 2.30. The summed E-state index contributed by atoms with van der Waals surface area (Å²) in [5.41, 5.74) is 8.74. The van der Waals surface area contributed by atoms with Crippen molar-refractivity contribution in [3.05, 3.63) is 29.3 Å². The predicted octanol–water partition coefficient (Wildman–Crippen LogP) is 2.24. The Labute approximate surface area is 109 Å². The monoisotopic (exact) mass is 246 g/mol. The molecule has 3 nitrogen and oxygen atoms in total. The molecule has 18 heavy (non-hydrogen) atoms. The van der Waals surface area contributed by atoms with Gasteiger partial charge in [0.05, 0.1) is 0 Å². The molecule has 0 saturated carbocycles. The topological polar surface area (TPSA) is 38.5 Å². The maximum Gasteiger partial charge on any atom is 0.125 e. The highest BCUT2D eigenvalue weighted by atomic mass is 16.5. The van der Waals surface area contributed by atoms with Crippen LogP contribution in [0.1, 0.15) is 36.4 Å². The van der Waals surface area contributed by atoms with Crippen LogP contribution < -0.4 is 10.5 Å². The highest BCUT2D eigenvalue weighted by Gasteiger charge is 2.42. The van der Waals surface area contributed by atoms with Crippen molar-refractivity contribution < 1.29 is 4.74 Å². The number of piperidine rings is 1. The van der Waals surface area contributed by atoms with Crippen LogP contribution in [0.15, 0.2) is 18.2 Å². The van der Waals surface area contributed by atoms with Crippen LogP contribution in [0.5, 0.6) is 5.75 Å². The zero-order valence-electron chi connectivity index (χ0n) is 11.3. The SMILES string of the molecule is Cc1ccc2c(c1)C(N)CC1(CCCN(C)C1)O2. The number of nitrogens with zero attached hydrogens (tertiary/aromatic N) is 1. The lowest BCUT2D eigenvalue weighted by molar-refractivity contribution is -0.0234. The van der Waals surface area contributed by atoms with Crippen LogP contribution >= 0.6 is 0 Å². The van der Waals surface area contributed by atoms with Crippen molar-refractivity contribution in [3.8, 4) is 5.75 Å². The van der Waals surface area contributed by atoms with Crippen molar-refractivity contribution in [1.82, 2.24) is 4.90 Å². The van der Waals surface area contributed by atoms with Crippen molar-refractivity contribution in [2.75, 3.05) is 20.1 Å². The number of benzene rings is 1. The molecule has 1 aromatic rings. The molecule has 0 aromatic heterocycles. The molecule has 2 heterocycles. The van der Waals surface area contributed by atoms with Gasteiger partial charge in [-0.15, -0.1) is 0 Å². The number of likely N-dealkylation sites (tertiary alicyclic amines) is 1. The molecule has 2 N–H and O–H groups in total. The van der Waals surface area contributed by atoms with Crippen LogP contribution in [0, 0.1) is 6.92 Å². The lowest BCUT2D eigenvalue weighted by Gasteiger charge is -2.46. The summed E-state index contributed by atoms with van der Waals surface area (Å²) in [6, 6.07) is 6.47. The standard InChI is InChI=1S/C15H22N2O/c1-11-4-5-14-12(8-11)13(16)9-15(18-14)6-3-7-17(2)10-15/h4-5,8,13H,3,6-7,9-10,16H2,1-2H3. The van der Waals surface area contributed by atoms with Gasteiger partial charge < -0.3 is 15.4 Å². The summed E-state index contributed by atoms with van der Waals surface area (Å²) in [6.07, 6.45) is 3.26. The fourth-order valence-corrected chi connectivity index (χ4v) is 3.41. The molecule has 2 aliphatic heterocycles. The molecule has 98 valence electrons. The van der Waals surface area contributed by atoms with E-state index in [2.05, 4.69) is 37.1 Å². The van der Waals surface area contributed by atoms with Gasteiger partial charge in [0.25, 0.3) is 0 Å². The van der Waals surface area contributed by atoms with E-state index in [-0.39, 0.29) is 11.6 Å². The lowest BCUT2D eigenvalue weighted by Crippen LogP contribution is -2.53. The third-order valence-electron chi connectivity index (χ3n) is 4.21. The highest BCUT2D eigenvalue weighted by molar-refractivity contribution is 5.41. The van der Waals surface area contributed by atoms with Crippen LogP contribution in [0.4, 0.5) is 0 Å². The molecule has 2 atom stereocenters. The largest absolute Gasteiger partial charge is 0.486 e. The fraction of sp³-hybridized carbons (Fsp3) is 0.600. The quantitative estimate of drug-likeness (QED) is 0.763. The number of aryl methyl sites for hydroxylation is 1. The summed E-state index contributed by atoms with van der Waals surface area (Å²) in [5.74, 6) is 0.995. The van der Waals surface area contributed by atoms with Crippen LogP contribution in [-0.2, 0) is 0 Å². The minimum Gasteiger partial charge on any atom is -0.486 e. The number of hydrogen-bond acceptors (Lipinski definition) is 3. The summed E-state index contributed by atoms with van der Waals surface area (Å²) >= 11 is 0. The first-order valence-electron chi connectivity index (χ1n) is 6.82. The highest BCUT2D eigenvalue weighted by Crippen LogP contribution is 2.42. The number of nitrogens with two attached hydrogens (primary N) is 1. The van der Waals surface area contributed by atoms with Gasteiger partial charge in [-0.25, -0.2) is 0 Å². The third kappa shape index (κ3) is 2.02. The first kappa shape index (κ1) is 12.0. The van der Waals surface area contributed by atoms with Crippen LogP contribution in [0.25, 0.3) is 0 Å². The van der Waals surface area contributed by atoms with Gasteiger partial charge in [-0.05, 0) is 39.4 Å². The second-order valence-corrected chi connectivity index (χ2v) is 5.98. The third-order valence-corrected chi connectivity index (χ3v) is 4.21. The molecule has 2 aliphatic rings. The van der Waals surface area contributed by atoms with Crippen LogP contribution in [-0.4, -0.2) is 30.6 Å². The smallest absolute Gasteiger partial charge is 0.125 e. The van der Waals surface area contributed by atoms with Crippen LogP contribution in [0.2, 0.25) is 0 Å². The van der Waals surface area contributed by atoms with Crippen molar-refractivity contribution in [3.63, 3.8) is 0 Å². The Morgan fingerprint density at radius 1 is 1.44 bits per heavy atom. The van der Waals surface area contributed by atoms with Gasteiger partial charge in [0.1, 0.15) is 11.4 Å². The molecule has 0 amide bonds. The maximum atomic E-state index is 6.37. The second-order valence-electron chi connectivity index (χ2n) is 5.98. The summed E-state index contributed by atoms with van der Waals surface area (Å²) in [7, 11) is 2.17. The van der Waals surface area contributed by atoms with Crippen molar-refractivity contribution in [1.29, 1.82) is 0 Å². The molecular weight excluding hydrogens is 224 g/mol. The first-order chi connectivity index (χ1) is 8.58. The van der Waals surface area contributed by atoms with Gasteiger partial charge in [0, 0.05) is 24.6 Å². The summed E-state index contributed by atoms with van der Waals surface area (Å²) in [4.78, 5) is 2.36. The minimum atomic E-state index is -0.0608. The number of ether oxygens (including phenoxy) is 1. The van der Waals surface area contributed by atoms with Gasteiger partial charge in [0.15, 0.2) is 0 Å². The predicted molar refractivity (Wildman–Crippen MR) is 72.8 cm³/mol. The Morgan fingerprint density at radius 2 is 2.28 bits per heavy atom. The minimum absolute atomic E-state index is 0.0608. The zero-order chi connectivity index (χ0) is 12.8. The lowest BCUT2D eigenvalue weighted by atomic mass is 9.82. The fourth-order valence-electron chi connectivity index (χ4n) is 3.41. The van der Waals surface area contributed by atoms with E-state index in [4.69, 9.17) is 10.5 Å². The molecule has 0 aliphatic carbocycles. The van der Waals surface area contributed by atoms with Crippen molar-refractivity contribution >= 4 is 0 Å². The molecule has 0 bridgehead atoms. The summed E-state index contributed by atoms with van der Waals surface area (Å²) in [5, 5.41) is 0. The summed E-state index contributed by atoms with van der Waals surface area (Å²) < 4.78 is 6.33. The van der Waals surface area contributed by atoms with Crippen molar-refractivity contribution in [2.24, 2.45) is 5.73 Å².